The molecule has 0 spiro atoms. The van der Waals surface area contributed by atoms with E-state index in [1.807, 2.05) is 0 Å². The summed E-state index contributed by atoms with van der Waals surface area (Å²) < 4.78 is 0. The Kier molecular flexibility index (Phi) is 4.31. The summed E-state index contributed by atoms with van der Waals surface area (Å²) in [7, 11) is 1.65. The number of nitro benzene ring substituents is 1. The van der Waals surface area contributed by atoms with Gasteiger partial charge in [-0.1, -0.05) is 12.1 Å². The topological polar surface area (TPSA) is 95.7 Å². The molecule has 1 aromatic rings. The maximum Gasteiger partial charge on any atom is 0.269 e. The first kappa shape index (κ1) is 14.4. The van der Waals surface area contributed by atoms with Gasteiger partial charge in [0, 0.05) is 32.3 Å². The third-order valence-electron chi connectivity index (χ3n) is 3.32. The number of hydrogen-bond donors (Lipinski definition) is 2. The van der Waals surface area contributed by atoms with Gasteiger partial charge in [0.1, 0.15) is 0 Å². The number of aliphatic hydroxyl groups is 1. The first-order valence-electron chi connectivity index (χ1n) is 6.37. The predicted molar refractivity (Wildman–Crippen MR) is 72.0 cm³/mol. The zero-order valence-corrected chi connectivity index (χ0v) is 11.2. The molecule has 0 aliphatic carbocycles. The van der Waals surface area contributed by atoms with Crippen molar-refractivity contribution in [3.05, 3.63) is 39.9 Å². The number of nitrogens with zero attached hydrogens (tertiary/aromatic N) is 2. The number of nitrogens with one attached hydrogen (secondary N) is 1. The van der Waals surface area contributed by atoms with Crippen LogP contribution in [0.3, 0.4) is 0 Å². The molecule has 7 nitrogen and oxygen atoms in total. The summed E-state index contributed by atoms with van der Waals surface area (Å²) in [6, 6.07) is 5.84. The molecule has 0 aromatic heterocycles. The zero-order chi connectivity index (χ0) is 14.7. The first-order chi connectivity index (χ1) is 9.47. The Labute approximate surface area is 116 Å². The Balaban J connectivity index is 2.00. The Morgan fingerprint density at radius 1 is 1.60 bits per heavy atom. The Hall–Kier alpha value is -1.99. The van der Waals surface area contributed by atoms with Gasteiger partial charge < -0.3 is 15.3 Å². The van der Waals surface area contributed by atoms with Gasteiger partial charge in [-0.3, -0.25) is 14.9 Å². The van der Waals surface area contributed by atoms with Gasteiger partial charge in [-0.15, -0.1) is 0 Å². The first-order valence-corrected chi connectivity index (χ1v) is 6.37. The minimum atomic E-state index is -0.491. The number of carbonyl (C=O) groups is 1. The van der Waals surface area contributed by atoms with E-state index >= 15 is 0 Å². The van der Waals surface area contributed by atoms with Crippen molar-refractivity contribution in [2.24, 2.45) is 0 Å². The van der Waals surface area contributed by atoms with Crippen molar-refractivity contribution < 1.29 is 14.8 Å². The zero-order valence-electron chi connectivity index (χ0n) is 11.2. The van der Waals surface area contributed by atoms with Gasteiger partial charge in [-0.25, -0.2) is 0 Å². The molecule has 1 saturated heterocycles. The van der Waals surface area contributed by atoms with Crippen LogP contribution in [0.15, 0.2) is 24.3 Å². The van der Waals surface area contributed by atoms with E-state index in [1.165, 1.54) is 17.0 Å². The molecule has 1 fully saturated rings. The summed E-state index contributed by atoms with van der Waals surface area (Å²) in [6.45, 7) is 0.718. The molecule has 1 heterocycles. The molecular weight excluding hydrogens is 262 g/mol. The van der Waals surface area contributed by atoms with Crippen LogP contribution >= 0.6 is 0 Å². The maximum atomic E-state index is 12.1. The third-order valence-corrected chi connectivity index (χ3v) is 3.32. The minimum Gasteiger partial charge on any atom is -0.392 e. The third kappa shape index (κ3) is 3.31. The van der Waals surface area contributed by atoms with Crippen LogP contribution in [0.25, 0.3) is 0 Å². The van der Waals surface area contributed by atoms with Crippen molar-refractivity contribution in [2.75, 3.05) is 13.6 Å². The number of likely N-dealkylation sites (N-methyl/N-ethyl adjacent to an activating group) is 1. The van der Waals surface area contributed by atoms with Crippen molar-refractivity contribution in [3.63, 3.8) is 0 Å². The van der Waals surface area contributed by atoms with E-state index in [-0.39, 0.29) is 17.6 Å². The normalized spacial score (nSPS) is 21.7. The molecule has 2 atom stereocenters. The largest absolute Gasteiger partial charge is 0.392 e. The number of nitro groups is 1. The van der Waals surface area contributed by atoms with Crippen molar-refractivity contribution in [1.82, 2.24) is 10.2 Å². The molecule has 108 valence electrons. The quantitative estimate of drug-likeness (QED) is 0.609. The van der Waals surface area contributed by atoms with Crippen molar-refractivity contribution in [3.8, 4) is 0 Å². The van der Waals surface area contributed by atoms with Gasteiger partial charge in [-0.05, 0) is 12.0 Å². The molecule has 1 aromatic carbocycles. The van der Waals surface area contributed by atoms with Crippen LogP contribution in [-0.4, -0.2) is 46.6 Å². The second kappa shape index (κ2) is 5.98. The molecule has 2 unspecified atom stereocenters. The van der Waals surface area contributed by atoms with Gasteiger partial charge in [0.15, 0.2) is 0 Å². The van der Waals surface area contributed by atoms with Gasteiger partial charge in [0.2, 0.25) is 5.91 Å². The van der Waals surface area contributed by atoms with Crippen molar-refractivity contribution in [1.29, 1.82) is 0 Å². The summed E-state index contributed by atoms with van der Waals surface area (Å²) in [5.41, 5.74) is 0.714. The SMILES string of the molecule is CN(Cc1cccc([N+](=O)[O-])c1)C(=O)C1CC(O)CN1. The highest BCUT2D eigenvalue weighted by atomic mass is 16.6. The fraction of sp³-hybridized carbons (Fsp3) is 0.462. The van der Waals surface area contributed by atoms with E-state index in [1.54, 1.807) is 19.2 Å². The monoisotopic (exact) mass is 279 g/mol. The number of rotatable bonds is 4. The lowest BCUT2D eigenvalue weighted by Crippen LogP contribution is -2.41. The van der Waals surface area contributed by atoms with Gasteiger partial charge in [0.25, 0.3) is 5.69 Å². The molecule has 0 bridgehead atoms. The van der Waals surface area contributed by atoms with E-state index < -0.39 is 11.0 Å². The average Bonchev–Trinajstić information content (AvgIpc) is 2.84. The Bertz CT molecular complexity index is 520. The molecule has 2 N–H and O–H groups in total. The van der Waals surface area contributed by atoms with Gasteiger partial charge >= 0.3 is 0 Å². The van der Waals surface area contributed by atoms with Crippen LogP contribution < -0.4 is 5.32 Å². The Morgan fingerprint density at radius 2 is 2.35 bits per heavy atom. The lowest BCUT2D eigenvalue weighted by molar-refractivity contribution is -0.384. The van der Waals surface area contributed by atoms with E-state index in [0.29, 0.717) is 25.1 Å². The molecule has 7 heteroatoms. The second-order valence-corrected chi connectivity index (χ2v) is 4.97. The molecule has 1 aliphatic heterocycles. The number of amides is 1. The lowest BCUT2D eigenvalue weighted by Gasteiger charge is -2.21. The van der Waals surface area contributed by atoms with E-state index in [0.717, 1.165) is 0 Å². The van der Waals surface area contributed by atoms with Crippen LogP contribution in [0.5, 0.6) is 0 Å². The maximum absolute atomic E-state index is 12.1. The summed E-state index contributed by atoms with van der Waals surface area (Å²) in [6.07, 6.45) is -0.0897. The standard InChI is InChI=1S/C13H17N3O4/c1-15(13(18)12-6-11(17)7-14-12)8-9-3-2-4-10(5-9)16(19)20/h2-5,11-12,14,17H,6-8H2,1H3. The number of non-ortho nitro benzene ring substituents is 1. The smallest absolute Gasteiger partial charge is 0.269 e. The number of carbonyl (C=O) groups excluding carboxylic acids is 1. The number of benzene rings is 1. The number of hydrogen-bond acceptors (Lipinski definition) is 5. The Morgan fingerprint density at radius 3 is 2.95 bits per heavy atom. The van der Waals surface area contributed by atoms with Crippen LogP contribution in [0.2, 0.25) is 0 Å². The summed E-state index contributed by atoms with van der Waals surface area (Å²) in [5.74, 6) is -0.118. The van der Waals surface area contributed by atoms with Crippen LogP contribution in [-0.2, 0) is 11.3 Å². The average molecular weight is 279 g/mol. The molecule has 1 amide bonds. The predicted octanol–water partition coefficient (Wildman–Crippen LogP) is 0.276. The number of aliphatic hydroxyl groups excluding tert-OH is 1. The summed E-state index contributed by atoms with van der Waals surface area (Å²) in [4.78, 5) is 23.9. The molecule has 2 rings (SSSR count). The van der Waals surface area contributed by atoms with Crippen molar-refractivity contribution in [2.45, 2.75) is 25.1 Å². The molecule has 0 saturated carbocycles. The van der Waals surface area contributed by atoms with Crippen molar-refractivity contribution >= 4 is 11.6 Å². The van der Waals surface area contributed by atoms with E-state index in [9.17, 15) is 20.0 Å². The number of β-amino-alcohol motifs (C(OH)–C–C–N with tert-alkyl or cyclic N) is 1. The highest BCUT2D eigenvalue weighted by Crippen LogP contribution is 2.16. The second-order valence-electron chi connectivity index (χ2n) is 4.97. The fourth-order valence-corrected chi connectivity index (χ4v) is 2.29. The van der Waals surface area contributed by atoms with Crippen LogP contribution in [0, 0.1) is 10.1 Å². The summed E-state index contributed by atoms with van der Waals surface area (Å²) >= 11 is 0. The lowest BCUT2D eigenvalue weighted by atomic mass is 10.1. The molecule has 20 heavy (non-hydrogen) atoms. The minimum absolute atomic E-state index is 0.0118. The summed E-state index contributed by atoms with van der Waals surface area (Å²) in [5, 5.41) is 23.1. The molecular formula is C13H17N3O4. The van der Waals surface area contributed by atoms with E-state index in [2.05, 4.69) is 5.32 Å². The van der Waals surface area contributed by atoms with Gasteiger partial charge in [0.05, 0.1) is 17.1 Å². The highest BCUT2D eigenvalue weighted by Gasteiger charge is 2.30. The molecule has 1 aliphatic rings. The van der Waals surface area contributed by atoms with Crippen LogP contribution in [0.1, 0.15) is 12.0 Å². The van der Waals surface area contributed by atoms with E-state index in [4.69, 9.17) is 0 Å². The fourth-order valence-electron chi connectivity index (χ4n) is 2.29. The highest BCUT2D eigenvalue weighted by molar-refractivity contribution is 5.82. The van der Waals surface area contributed by atoms with Gasteiger partial charge in [-0.2, -0.15) is 0 Å². The van der Waals surface area contributed by atoms with Crippen LogP contribution in [0.4, 0.5) is 5.69 Å². The molecule has 0 radical (unpaired) electrons.